The molecule has 1 aliphatic rings. The molecule has 0 bridgehead atoms. The molecule has 10 heteroatoms. The Bertz CT molecular complexity index is 1100. The van der Waals surface area contributed by atoms with E-state index < -0.39 is 22.7 Å². The summed E-state index contributed by atoms with van der Waals surface area (Å²) in [6, 6.07) is 7.02. The van der Waals surface area contributed by atoms with Crippen LogP contribution in [0, 0.1) is 6.92 Å². The predicted octanol–water partition coefficient (Wildman–Crippen LogP) is 3.98. The minimum atomic E-state index is -4.63. The molecule has 0 radical (unpaired) electrons. The van der Waals surface area contributed by atoms with Crippen LogP contribution in [0.5, 0.6) is 0 Å². The number of rotatable bonds is 2. The minimum absolute atomic E-state index is 0.123. The molecule has 0 fully saturated rings. The third kappa shape index (κ3) is 3.46. The summed E-state index contributed by atoms with van der Waals surface area (Å²) in [7, 11) is 0. The van der Waals surface area contributed by atoms with E-state index in [9.17, 15) is 18.0 Å². The molecule has 29 heavy (non-hydrogen) atoms. The maximum Gasteiger partial charge on any atom is 0.417 e. The highest BCUT2D eigenvalue weighted by atomic mass is 35.5. The van der Waals surface area contributed by atoms with Crippen LogP contribution in [0.2, 0.25) is 5.02 Å². The Kier molecular flexibility index (Phi) is 4.77. The minimum Gasteiger partial charge on any atom is -0.329 e. The van der Waals surface area contributed by atoms with Crippen LogP contribution in [-0.4, -0.2) is 37.1 Å². The van der Waals surface area contributed by atoms with Crippen molar-refractivity contribution in [3.63, 3.8) is 0 Å². The molecule has 0 N–H and O–H groups in total. The van der Waals surface area contributed by atoms with Gasteiger partial charge in [0.2, 0.25) is 0 Å². The largest absolute Gasteiger partial charge is 0.417 e. The predicted molar refractivity (Wildman–Crippen MR) is 99.2 cm³/mol. The second kappa shape index (κ2) is 7.14. The van der Waals surface area contributed by atoms with Crippen molar-refractivity contribution in [2.45, 2.75) is 26.2 Å². The molecule has 0 spiro atoms. The highest BCUT2D eigenvalue weighted by Gasteiger charge is 2.36. The topological polar surface area (TPSA) is 63.9 Å². The highest BCUT2D eigenvalue weighted by molar-refractivity contribution is 6.34. The quantitative estimate of drug-likeness (QED) is 0.628. The first-order valence-corrected chi connectivity index (χ1v) is 9.14. The fourth-order valence-corrected chi connectivity index (χ4v) is 3.65. The SMILES string of the molecule is Cc1ncccc1-c1nnc2n1CCN(C(=O)c1cccc(C(F)(F)F)c1Cl)C2. The summed E-state index contributed by atoms with van der Waals surface area (Å²) in [6.07, 6.45) is -2.95. The van der Waals surface area contributed by atoms with Crippen LogP contribution in [0.1, 0.15) is 27.4 Å². The van der Waals surface area contributed by atoms with E-state index in [1.165, 1.54) is 17.0 Å². The molecule has 1 aromatic carbocycles. The molecule has 1 amide bonds. The second-order valence-corrected chi connectivity index (χ2v) is 7.00. The lowest BCUT2D eigenvalue weighted by molar-refractivity contribution is -0.137. The van der Waals surface area contributed by atoms with Crippen molar-refractivity contribution in [2.75, 3.05) is 6.54 Å². The van der Waals surface area contributed by atoms with Crippen LogP contribution in [0.15, 0.2) is 36.5 Å². The van der Waals surface area contributed by atoms with E-state index in [4.69, 9.17) is 11.6 Å². The number of carbonyl (C=O) groups is 1. The molecule has 0 saturated heterocycles. The molecule has 4 rings (SSSR count). The number of carbonyl (C=O) groups excluding carboxylic acids is 1. The monoisotopic (exact) mass is 421 g/mol. The van der Waals surface area contributed by atoms with Gasteiger partial charge in [-0.1, -0.05) is 17.7 Å². The highest BCUT2D eigenvalue weighted by Crippen LogP contribution is 2.36. The average Bonchev–Trinajstić information content (AvgIpc) is 3.10. The molecular formula is C19H15ClF3N5O. The number of alkyl halides is 3. The lowest BCUT2D eigenvalue weighted by atomic mass is 10.1. The zero-order valence-electron chi connectivity index (χ0n) is 15.2. The maximum atomic E-state index is 13.1. The molecular weight excluding hydrogens is 407 g/mol. The average molecular weight is 422 g/mol. The number of nitrogens with zero attached hydrogens (tertiary/aromatic N) is 5. The van der Waals surface area contributed by atoms with Gasteiger partial charge in [-0.25, -0.2) is 0 Å². The van der Waals surface area contributed by atoms with Crippen LogP contribution >= 0.6 is 11.6 Å². The summed E-state index contributed by atoms with van der Waals surface area (Å²) in [4.78, 5) is 18.5. The summed E-state index contributed by atoms with van der Waals surface area (Å²) in [5.41, 5.74) is 0.432. The molecule has 1 aliphatic heterocycles. The summed E-state index contributed by atoms with van der Waals surface area (Å²) in [5, 5.41) is 7.78. The molecule has 0 aliphatic carbocycles. The summed E-state index contributed by atoms with van der Waals surface area (Å²) in [6.45, 7) is 2.69. The van der Waals surface area contributed by atoms with Crippen LogP contribution in [0.25, 0.3) is 11.4 Å². The van der Waals surface area contributed by atoms with Crippen LogP contribution in [0.4, 0.5) is 13.2 Å². The molecule has 6 nitrogen and oxygen atoms in total. The van der Waals surface area contributed by atoms with Crippen molar-refractivity contribution >= 4 is 17.5 Å². The first kappa shape index (κ1) is 19.4. The fraction of sp³-hybridized carbons (Fsp3) is 0.263. The number of amides is 1. The Hall–Kier alpha value is -2.94. The van der Waals surface area contributed by atoms with E-state index in [1.54, 1.807) is 12.3 Å². The Morgan fingerprint density at radius 1 is 1.14 bits per heavy atom. The normalized spacial score (nSPS) is 14.0. The van der Waals surface area contributed by atoms with Gasteiger partial charge in [-0.3, -0.25) is 9.78 Å². The van der Waals surface area contributed by atoms with E-state index in [0.29, 0.717) is 24.7 Å². The van der Waals surface area contributed by atoms with Crippen molar-refractivity contribution in [3.05, 3.63) is 64.2 Å². The van der Waals surface area contributed by atoms with Crippen LogP contribution < -0.4 is 0 Å². The van der Waals surface area contributed by atoms with Gasteiger partial charge in [-0.15, -0.1) is 10.2 Å². The van der Waals surface area contributed by atoms with Gasteiger partial charge in [0.25, 0.3) is 5.91 Å². The Balaban J connectivity index is 1.62. The number of hydrogen-bond donors (Lipinski definition) is 0. The number of benzene rings is 1. The lowest BCUT2D eigenvalue weighted by Crippen LogP contribution is -2.38. The standard InChI is InChI=1S/C19H15ClF3N5O/c1-11-12(5-3-7-24-11)17-26-25-15-10-27(8-9-28(15)17)18(29)13-4-2-6-14(16(13)20)19(21,22)23/h2-7H,8-10H2,1H3. The summed E-state index contributed by atoms with van der Waals surface area (Å²) >= 11 is 5.90. The van der Waals surface area contributed by atoms with Gasteiger partial charge in [0.15, 0.2) is 11.6 Å². The molecule has 0 atom stereocenters. The van der Waals surface area contributed by atoms with Crippen molar-refractivity contribution in [1.82, 2.24) is 24.6 Å². The third-order valence-corrected chi connectivity index (χ3v) is 5.23. The van der Waals surface area contributed by atoms with Gasteiger partial charge in [0.05, 0.1) is 22.7 Å². The molecule has 3 heterocycles. The van der Waals surface area contributed by atoms with E-state index >= 15 is 0 Å². The number of fused-ring (bicyclic) bond motifs is 1. The van der Waals surface area contributed by atoms with Gasteiger partial charge in [-0.05, 0) is 31.2 Å². The van der Waals surface area contributed by atoms with E-state index in [2.05, 4.69) is 15.2 Å². The number of pyridine rings is 1. The molecule has 0 unspecified atom stereocenters. The first-order valence-electron chi connectivity index (χ1n) is 8.76. The van der Waals surface area contributed by atoms with Gasteiger partial charge in [-0.2, -0.15) is 13.2 Å². The van der Waals surface area contributed by atoms with Crippen molar-refractivity contribution in [1.29, 1.82) is 0 Å². The molecule has 2 aromatic heterocycles. The summed E-state index contributed by atoms with van der Waals surface area (Å²) < 4.78 is 41.2. The molecule has 0 saturated carbocycles. The van der Waals surface area contributed by atoms with Gasteiger partial charge < -0.3 is 9.47 Å². The van der Waals surface area contributed by atoms with Crippen molar-refractivity contribution in [3.8, 4) is 11.4 Å². The Morgan fingerprint density at radius 2 is 1.93 bits per heavy atom. The van der Waals surface area contributed by atoms with Crippen LogP contribution in [-0.2, 0) is 19.3 Å². The van der Waals surface area contributed by atoms with E-state index in [1.807, 2.05) is 17.6 Å². The van der Waals surface area contributed by atoms with Crippen molar-refractivity contribution in [2.24, 2.45) is 0 Å². The smallest absolute Gasteiger partial charge is 0.329 e. The van der Waals surface area contributed by atoms with E-state index in [-0.39, 0.29) is 12.1 Å². The molecule has 3 aromatic rings. The fourth-order valence-electron chi connectivity index (χ4n) is 3.34. The van der Waals surface area contributed by atoms with Gasteiger partial charge in [0.1, 0.15) is 0 Å². The third-order valence-electron chi connectivity index (χ3n) is 4.82. The Morgan fingerprint density at radius 3 is 2.66 bits per heavy atom. The summed E-state index contributed by atoms with van der Waals surface area (Å²) in [5.74, 6) is 0.621. The number of hydrogen-bond acceptors (Lipinski definition) is 4. The zero-order chi connectivity index (χ0) is 20.8. The maximum absolute atomic E-state index is 13.1. The number of halogens is 4. The first-order chi connectivity index (χ1) is 13.8. The van der Waals surface area contributed by atoms with Gasteiger partial charge >= 0.3 is 6.18 Å². The van der Waals surface area contributed by atoms with Crippen LogP contribution in [0.3, 0.4) is 0 Å². The Labute approximate surface area is 168 Å². The van der Waals surface area contributed by atoms with Gasteiger partial charge in [0, 0.05) is 30.5 Å². The number of aryl methyl sites for hydroxylation is 1. The van der Waals surface area contributed by atoms with E-state index in [0.717, 1.165) is 17.3 Å². The zero-order valence-corrected chi connectivity index (χ0v) is 16.0. The molecule has 150 valence electrons. The van der Waals surface area contributed by atoms with Crippen molar-refractivity contribution < 1.29 is 18.0 Å². The number of aromatic nitrogens is 4. The lowest BCUT2D eigenvalue weighted by Gasteiger charge is -2.28. The second-order valence-electron chi connectivity index (χ2n) is 6.62.